The maximum Gasteiger partial charge on any atom is 0.151 e. The molecule has 1 rings (SSSR count). The summed E-state index contributed by atoms with van der Waals surface area (Å²) in [6.07, 6.45) is 1.85. The Kier molecular flexibility index (Phi) is 5.31. The molecular weight excluding hydrogens is 222 g/mol. The maximum atomic E-state index is 5.26. The second-order valence-corrected chi connectivity index (χ2v) is 4.19. The molecular formula is C10H19N5S. The number of nitrogens with zero attached hydrogens (tertiary/aromatic N) is 4. The third-order valence-electron chi connectivity index (χ3n) is 2.51. The molecule has 1 heterocycles. The lowest BCUT2D eigenvalue weighted by atomic mass is 10.1. The summed E-state index contributed by atoms with van der Waals surface area (Å²) in [5.41, 5.74) is 0. The number of nitrogens with one attached hydrogen (secondary N) is 1. The molecule has 5 nitrogen and oxygen atoms in total. The zero-order chi connectivity index (χ0) is 12.0. The number of aromatic nitrogens is 4. The van der Waals surface area contributed by atoms with E-state index < -0.39 is 0 Å². The Labute approximate surface area is 102 Å². The summed E-state index contributed by atoms with van der Waals surface area (Å²) in [5.74, 6) is 1.31. The molecule has 6 heteroatoms. The van der Waals surface area contributed by atoms with Crippen molar-refractivity contribution >= 4 is 17.2 Å². The molecule has 0 aliphatic rings. The topological polar surface area (TPSA) is 55.6 Å². The van der Waals surface area contributed by atoms with Crippen LogP contribution in [0.25, 0.3) is 0 Å². The van der Waals surface area contributed by atoms with Crippen LogP contribution < -0.4 is 5.32 Å². The first-order chi connectivity index (χ1) is 7.69. The van der Waals surface area contributed by atoms with Gasteiger partial charge in [0, 0.05) is 25.4 Å². The molecule has 0 aliphatic heterocycles. The predicted octanol–water partition coefficient (Wildman–Crippen LogP) is 1.20. The van der Waals surface area contributed by atoms with Crippen LogP contribution in [-0.2, 0) is 13.0 Å². The summed E-state index contributed by atoms with van der Waals surface area (Å²) in [4.78, 5) is 0.929. The van der Waals surface area contributed by atoms with E-state index in [1.807, 2.05) is 11.6 Å². The first-order valence-electron chi connectivity index (χ1n) is 5.71. The number of aryl methyl sites for hydroxylation is 2. The summed E-state index contributed by atoms with van der Waals surface area (Å²) in [6, 6.07) is 0. The summed E-state index contributed by atoms with van der Waals surface area (Å²) >= 11 is 5.26. The van der Waals surface area contributed by atoms with Gasteiger partial charge in [0.2, 0.25) is 0 Å². The number of tetrazole rings is 1. The van der Waals surface area contributed by atoms with E-state index in [9.17, 15) is 0 Å². The molecule has 1 unspecified atom stereocenters. The molecule has 0 saturated heterocycles. The fourth-order valence-corrected chi connectivity index (χ4v) is 1.74. The van der Waals surface area contributed by atoms with Crippen LogP contribution in [0.5, 0.6) is 0 Å². The van der Waals surface area contributed by atoms with Crippen molar-refractivity contribution in [3.63, 3.8) is 0 Å². The number of hydrogen-bond donors (Lipinski definition) is 1. The molecule has 0 spiro atoms. The molecule has 0 amide bonds. The van der Waals surface area contributed by atoms with Crippen LogP contribution in [0.3, 0.4) is 0 Å². The Hall–Kier alpha value is -1.04. The number of rotatable bonds is 6. The number of hydrogen-bond acceptors (Lipinski definition) is 4. The lowest BCUT2D eigenvalue weighted by Crippen LogP contribution is -2.27. The van der Waals surface area contributed by atoms with Gasteiger partial charge in [-0.15, -0.1) is 5.10 Å². The highest BCUT2D eigenvalue weighted by molar-refractivity contribution is 7.80. The minimum atomic E-state index is 0.372. The maximum absolute atomic E-state index is 5.26. The molecule has 1 aromatic heterocycles. The first-order valence-corrected chi connectivity index (χ1v) is 6.12. The van der Waals surface area contributed by atoms with Crippen molar-refractivity contribution in [1.29, 1.82) is 0 Å². The number of thiocarbonyl (C=S) groups is 1. The van der Waals surface area contributed by atoms with Crippen LogP contribution in [0, 0.1) is 5.92 Å². The van der Waals surface area contributed by atoms with Gasteiger partial charge in [0.05, 0.1) is 4.99 Å². The molecule has 0 fully saturated rings. The summed E-state index contributed by atoms with van der Waals surface area (Å²) in [6.45, 7) is 7.92. The van der Waals surface area contributed by atoms with E-state index in [1.54, 1.807) is 0 Å². The van der Waals surface area contributed by atoms with Crippen LogP contribution in [0.15, 0.2) is 0 Å². The van der Waals surface area contributed by atoms with E-state index >= 15 is 0 Å². The van der Waals surface area contributed by atoms with Gasteiger partial charge in [0.25, 0.3) is 0 Å². The SMILES string of the molecule is CCNC(=S)C(C)CCc1nnnn1CC. The van der Waals surface area contributed by atoms with E-state index in [2.05, 4.69) is 34.7 Å². The Balaban J connectivity index is 2.42. The van der Waals surface area contributed by atoms with Crippen LogP contribution in [0.1, 0.15) is 33.0 Å². The van der Waals surface area contributed by atoms with Crippen molar-refractivity contribution in [3.05, 3.63) is 5.82 Å². The fourth-order valence-electron chi connectivity index (χ4n) is 1.47. The van der Waals surface area contributed by atoms with Gasteiger partial charge < -0.3 is 5.32 Å². The minimum Gasteiger partial charge on any atom is -0.380 e. The van der Waals surface area contributed by atoms with Crippen molar-refractivity contribution in [2.45, 2.75) is 40.2 Å². The molecule has 0 aliphatic carbocycles. The molecule has 16 heavy (non-hydrogen) atoms. The zero-order valence-electron chi connectivity index (χ0n) is 10.1. The predicted molar refractivity (Wildman–Crippen MR) is 67.3 cm³/mol. The zero-order valence-corrected chi connectivity index (χ0v) is 10.9. The van der Waals surface area contributed by atoms with E-state index in [4.69, 9.17) is 12.2 Å². The first kappa shape index (κ1) is 13.0. The Morgan fingerprint density at radius 3 is 2.88 bits per heavy atom. The average molecular weight is 241 g/mol. The van der Waals surface area contributed by atoms with Gasteiger partial charge in [-0.05, 0) is 30.7 Å². The quantitative estimate of drug-likeness (QED) is 0.758. The standard InChI is InChI=1S/C10H19N5S/c1-4-11-10(16)8(3)6-7-9-12-13-14-15(9)5-2/h8H,4-7H2,1-3H3,(H,11,16). The largest absolute Gasteiger partial charge is 0.380 e. The van der Waals surface area contributed by atoms with Gasteiger partial charge in [-0.25, -0.2) is 4.68 Å². The molecule has 1 atom stereocenters. The molecule has 0 radical (unpaired) electrons. The van der Waals surface area contributed by atoms with E-state index in [-0.39, 0.29) is 0 Å². The van der Waals surface area contributed by atoms with Crippen molar-refractivity contribution < 1.29 is 0 Å². The van der Waals surface area contributed by atoms with Crippen molar-refractivity contribution in [2.75, 3.05) is 6.54 Å². The Morgan fingerprint density at radius 2 is 2.25 bits per heavy atom. The Morgan fingerprint density at radius 1 is 1.50 bits per heavy atom. The van der Waals surface area contributed by atoms with Gasteiger partial charge in [0.15, 0.2) is 5.82 Å². The highest BCUT2D eigenvalue weighted by Crippen LogP contribution is 2.08. The fraction of sp³-hybridized carbons (Fsp3) is 0.800. The molecule has 0 saturated carbocycles. The molecule has 90 valence electrons. The minimum absolute atomic E-state index is 0.372. The van der Waals surface area contributed by atoms with E-state index in [0.29, 0.717) is 5.92 Å². The normalized spacial score (nSPS) is 12.4. The van der Waals surface area contributed by atoms with Crippen LogP contribution in [0.4, 0.5) is 0 Å². The molecule has 0 bridgehead atoms. The molecule has 1 aromatic rings. The van der Waals surface area contributed by atoms with Gasteiger partial charge >= 0.3 is 0 Å². The highest BCUT2D eigenvalue weighted by atomic mass is 32.1. The average Bonchev–Trinajstić information content (AvgIpc) is 2.73. The smallest absolute Gasteiger partial charge is 0.151 e. The van der Waals surface area contributed by atoms with E-state index in [1.165, 1.54) is 0 Å². The second-order valence-electron chi connectivity index (χ2n) is 3.75. The summed E-state index contributed by atoms with van der Waals surface area (Å²) in [7, 11) is 0. The lowest BCUT2D eigenvalue weighted by molar-refractivity contribution is 0.570. The van der Waals surface area contributed by atoms with Crippen LogP contribution in [-0.4, -0.2) is 31.7 Å². The molecule has 0 aromatic carbocycles. The third-order valence-corrected chi connectivity index (χ3v) is 3.05. The summed E-state index contributed by atoms with van der Waals surface area (Å²) < 4.78 is 1.82. The van der Waals surface area contributed by atoms with Gasteiger partial charge in [-0.3, -0.25) is 0 Å². The van der Waals surface area contributed by atoms with E-state index in [0.717, 1.165) is 36.7 Å². The monoisotopic (exact) mass is 241 g/mol. The van der Waals surface area contributed by atoms with Crippen molar-refractivity contribution in [2.24, 2.45) is 5.92 Å². The summed E-state index contributed by atoms with van der Waals surface area (Å²) in [5, 5.41) is 14.7. The van der Waals surface area contributed by atoms with Crippen molar-refractivity contribution in [1.82, 2.24) is 25.5 Å². The van der Waals surface area contributed by atoms with Gasteiger partial charge in [-0.1, -0.05) is 19.1 Å². The highest BCUT2D eigenvalue weighted by Gasteiger charge is 2.11. The third kappa shape index (κ3) is 3.52. The van der Waals surface area contributed by atoms with Crippen LogP contribution in [0.2, 0.25) is 0 Å². The van der Waals surface area contributed by atoms with Crippen LogP contribution >= 0.6 is 12.2 Å². The lowest BCUT2D eigenvalue weighted by Gasteiger charge is -2.13. The second kappa shape index (κ2) is 6.52. The molecule has 1 N–H and O–H groups in total. The Bertz CT molecular complexity index is 336. The van der Waals surface area contributed by atoms with Gasteiger partial charge in [-0.2, -0.15) is 0 Å². The van der Waals surface area contributed by atoms with Crippen molar-refractivity contribution in [3.8, 4) is 0 Å². The van der Waals surface area contributed by atoms with Gasteiger partial charge in [0.1, 0.15) is 0 Å².